The number of ether oxygens (including phenoxy) is 1. The van der Waals surface area contributed by atoms with Crippen LogP contribution in [-0.2, 0) is 6.18 Å². The quantitative estimate of drug-likeness (QED) is 0.621. The molecule has 0 N–H and O–H groups in total. The Hall–Kier alpha value is -3.50. The van der Waals surface area contributed by atoms with Gasteiger partial charge in [0.2, 0.25) is 5.82 Å². The molecule has 3 heterocycles. The predicted octanol–water partition coefficient (Wildman–Crippen LogP) is 3.57. The van der Waals surface area contributed by atoms with Gasteiger partial charge in [-0.1, -0.05) is 11.2 Å². The van der Waals surface area contributed by atoms with E-state index >= 15 is 0 Å². The monoisotopic (exact) mass is 433 g/mol. The normalized spacial score (nSPS) is 15.2. The van der Waals surface area contributed by atoms with Crippen molar-refractivity contribution in [1.82, 2.24) is 25.0 Å². The number of aromatic nitrogens is 4. The number of likely N-dealkylation sites (tertiary alicyclic amines) is 1. The molecule has 1 aliphatic heterocycles. The van der Waals surface area contributed by atoms with E-state index in [0.29, 0.717) is 42.9 Å². The Labute approximate surface area is 175 Å². The van der Waals surface area contributed by atoms with Crippen LogP contribution in [0.25, 0.3) is 11.5 Å². The third-order valence-electron chi connectivity index (χ3n) is 5.07. The van der Waals surface area contributed by atoms with Crippen LogP contribution in [0.4, 0.5) is 13.2 Å². The number of hydrogen-bond acceptors (Lipinski definition) is 7. The van der Waals surface area contributed by atoms with Gasteiger partial charge in [0.05, 0.1) is 19.0 Å². The topological polar surface area (TPSA) is 94.2 Å². The average Bonchev–Trinajstić information content (AvgIpc) is 3.30. The lowest BCUT2D eigenvalue weighted by Gasteiger charge is -2.31. The van der Waals surface area contributed by atoms with Gasteiger partial charge in [0.25, 0.3) is 5.91 Å². The van der Waals surface area contributed by atoms with Crippen LogP contribution in [0.2, 0.25) is 0 Å². The molecule has 8 nitrogen and oxygen atoms in total. The van der Waals surface area contributed by atoms with Gasteiger partial charge in [-0.2, -0.15) is 18.2 Å². The molecule has 0 atom stereocenters. The van der Waals surface area contributed by atoms with Gasteiger partial charge in [-0.05, 0) is 31.0 Å². The van der Waals surface area contributed by atoms with Crippen molar-refractivity contribution in [2.45, 2.75) is 24.9 Å². The number of nitrogens with zero attached hydrogens (tertiary/aromatic N) is 5. The van der Waals surface area contributed by atoms with Gasteiger partial charge in [-0.15, -0.1) is 0 Å². The van der Waals surface area contributed by atoms with Gasteiger partial charge in [-0.3, -0.25) is 9.78 Å². The van der Waals surface area contributed by atoms with E-state index in [0.717, 1.165) is 0 Å². The summed E-state index contributed by atoms with van der Waals surface area (Å²) in [6, 6.07) is 6.98. The molecule has 0 radical (unpaired) electrons. The van der Waals surface area contributed by atoms with Crippen molar-refractivity contribution in [3.05, 3.63) is 53.8 Å². The van der Waals surface area contributed by atoms with Crippen molar-refractivity contribution in [3.8, 4) is 17.3 Å². The number of amides is 1. The molecule has 0 aliphatic carbocycles. The maximum absolute atomic E-state index is 12.8. The van der Waals surface area contributed by atoms with Crippen molar-refractivity contribution >= 4 is 5.91 Å². The fraction of sp³-hybridized carbons (Fsp3) is 0.350. The van der Waals surface area contributed by atoms with Gasteiger partial charge >= 0.3 is 12.1 Å². The highest BCUT2D eigenvalue weighted by Gasteiger charge is 2.38. The number of hydrogen-bond donors (Lipinski definition) is 0. The number of carbonyl (C=O) groups excluding carboxylic acids is 1. The first kappa shape index (κ1) is 20.8. The van der Waals surface area contributed by atoms with E-state index in [1.54, 1.807) is 42.5 Å². The summed E-state index contributed by atoms with van der Waals surface area (Å²) < 4.78 is 47.5. The number of methoxy groups -OCH3 is 1. The number of rotatable bonds is 4. The summed E-state index contributed by atoms with van der Waals surface area (Å²) in [5.41, 5.74) is 1.27. The summed E-state index contributed by atoms with van der Waals surface area (Å²) in [5.74, 6) is -1.16. The minimum absolute atomic E-state index is 0.01000. The number of alkyl halides is 3. The summed E-state index contributed by atoms with van der Waals surface area (Å²) >= 11 is 0. The standard InChI is InChI=1S/C20H18F3N5O3/c1-30-14-4-2-3-13(9-14)18(29)28-7-5-12(6-8-28)15-10-24-11-16(25-15)17-26-19(31-27-17)20(21,22)23/h2-4,9-12H,5-8H2,1H3. The van der Waals surface area contributed by atoms with Gasteiger partial charge in [0.15, 0.2) is 0 Å². The Kier molecular flexibility index (Phi) is 5.57. The zero-order valence-corrected chi connectivity index (χ0v) is 16.5. The number of carbonyl (C=O) groups is 1. The van der Waals surface area contributed by atoms with E-state index in [4.69, 9.17) is 4.74 Å². The highest BCUT2D eigenvalue weighted by atomic mass is 19.4. The molecule has 1 fully saturated rings. The minimum Gasteiger partial charge on any atom is -0.497 e. The Morgan fingerprint density at radius 3 is 2.65 bits per heavy atom. The molecule has 0 bridgehead atoms. The van der Waals surface area contributed by atoms with E-state index in [-0.39, 0.29) is 23.3 Å². The van der Waals surface area contributed by atoms with Crippen LogP contribution in [0.15, 0.2) is 41.2 Å². The molecule has 11 heteroatoms. The van der Waals surface area contributed by atoms with Crippen molar-refractivity contribution in [3.63, 3.8) is 0 Å². The third-order valence-corrected chi connectivity index (χ3v) is 5.07. The molecule has 162 valence electrons. The molecule has 1 aliphatic rings. The maximum Gasteiger partial charge on any atom is 0.471 e. The summed E-state index contributed by atoms with van der Waals surface area (Å²) in [6.07, 6.45) is -0.575. The summed E-state index contributed by atoms with van der Waals surface area (Å²) in [6.45, 7) is 1.04. The Morgan fingerprint density at radius 2 is 1.97 bits per heavy atom. The fourth-order valence-corrected chi connectivity index (χ4v) is 3.45. The first-order valence-corrected chi connectivity index (χ1v) is 9.51. The zero-order chi connectivity index (χ0) is 22.0. The molecular formula is C20H18F3N5O3. The van der Waals surface area contributed by atoms with Crippen LogP contribution in [0.1, 0.15) is 40.7 Å². The zero-order valence-electron chi connectivity index (χ0n) is 16.5. The van der Waals surface area contributed by atoms with Crippen LogP contribution in [-0.4, -0.2) is 51.1 Å². The Morgan fingerprint density at radius 1 is 1.19 bits per heavy atom. The number of piperidine rings is 1. The average molecular weight is 433 g/mol. The van der Waals surface area contributed by atoms with E-state index < -0.39 is 12.1 Å². The number of benzene rings is 1. The van der Waals surface area contributed by atoms with Crippen molar-refractivity contribution in [2.24, 2.45) is 0 Å². The molecule has 31 heavy (non-hydrogen) atoms. The molecule has 0 spiro atoms. The lowest BCUT2D eigenvalue weighted by molar-refractivity contribution is -0.159. The Bertz CT molecular complexity index is 1080. The first-order chi connectivity index (χ1) is 14.8. The van der Waals surface area contributed by atoms with Crippen molar-refractivity contribution in [2.75, 3.05) is 20.2 Å². The second-order valence-corrected chi connectivity index (χ2v) is 7.05. The molecule has 3 aromatic rings. The van der Waals surface area contributed by atoms with Gasteiger partial charge in [-0.25, -0.2) is 4.98 Å². The van der Waals surface area contributed by atoms with Crippen LogP contribution in [0.3, 0.4) is 0 Å². The van der Waals surface area contributed by atoms with E-state index in [2.05, 4.69) is 24.6 Å². The van der Waals surface area contributed by atoms with Crippen molar-refractivity contribution in [1.29, 1.82) is 0 Å². The lowest BCUT2D eigenvalue weighted by Crippen LogP contribution is -2.38. The van der Waals surface area contributed by atoms with Crippen LogP contribution in [0.5, 0.6) is 5.75 Å². The fourth-order valence-electron chi connectivity index (χ4n) is 3.45. The van der Waals surface area contributed by atoms with E-state index in [9.17, 15) is 18.0 Å². The molecule has 1 saturated heterocycles. The molecular weight excluding hydrogens is 415 g/mol. The van der Waals surface area contributed by atoms with Crippen molar-refractivity contribution < 1.29 is 27.2 Å². The van der Waals surface area contributed by atoms with Crippen LogP contribution >= 0.6 is 0 Å². The highest BCUT2D eigenvalue weighted by molar-refractivity contribution is 5.94. The van der Waals surface area contributed by atoms with Gasteiger partial charge in [0, 0.05) is 30.8 Å². The van der Waals surface area contributed by atoms with E-state index in [1.165, 1.54) is 6.20 Å². The van der Waals surface area contributed by atoms with Crippen LogP contribution in [0, 0.1) is 0 Å². The molecule has 1 amide bonds. The van der Waals surface area contributed by atoms with Gasteiger partial charge < -0.3 is 14.2 Å². The maximum atomic E-state index is 12.8. The number of halogens is 3. The second kappa shape index (κ2) is 8.32. The first-order valence-electron chi connectivity index (χ1n) is 9.51. The Balaban J connectivity index is 1.44. The molecule has 0 saturated carbocycles. The summed E-state index contributed by atoms with van der Waals surface area (Å²) in [5, 5.41) is 3.35. The predicted molar refractivity (Wildman–Crippen MR) is 101 cm³/mol. The smallest absolute Gasteiger partial charge is 0.471 e. The highest BCUT2D eigenvalue weighted by Crippen LogP contribution is 2.31. The van der Waals surface area contributed by atoms with Crippen LogP contribution < -0.4 is 4.74 Å². The molecule has 2 aromatic heterocycles. The second-order valence-electron chi connectivity index (χ2n) is 7.05. The largest absolute Gasteiger partial charge is 0.497 e. The van der Waals surface area contributed by atoms with E-state index in [1.807, 2.05) is 0 Å². The van der Waals surface area contributed by atoms with Gasteiger partial charge in [0.1, 0.15) is 11.4 Å². The molecule has 1 aromatic carbocycles. The third kappa shape index (κ3) is 4.49. The lowest BCUT2D eigenvalue weighted by atomic mass is 9.93. The summed E-state index contributed by atoms with van der Waals surface area (Å²) in [4.78, 5) is 26.3. The summed E-state index contributed by atoms with van der Waals surface area (Å²) in [7, 11) is 1.54. The SMILES string of the molecule is COc1cccc(C(=O)N2CCC(c3cncc(-c4noc(C(F)(F)F)n4)n3)CC2)c1. The molecule has 4 rings (SSSR count). The minimum atomic E-state index is -4.72. The molecule has 0 unspecified atom stereocenters.